The first-order valence-corrected chi connectivity index (χ1v) is 3.15. The minimum Gasteiger partial charge on any atom is -0.271 e. The van der Waals surface area contributed by atoms with Crippen LogP contribution < -0.4 is 11.3 Å². The lowest BCUT2D eigenvalue weighted by Crippen LogP contribution is -2.38. The Balaban J connectivity index is 2.34. The van der Waals surface area contributed by atoms with Crippen molar-refractivity contribution < 1.29 is 0 Å². The van der Waals surface area contributed by atoms with Gasteiger partial charge in [0.05, 0.1) is 0 Å². The Labute approximate surface area is 50.4 Å². The monoisotopic (exact) mass is 114 g/mol. The number of hydrogen-bond acceptors (Lipinski definition) is 2. The predicted octanol–water partition coefficient (Wildman–Crippen LogP) is 0.638. The van der Waals surface area contributed by atoms with Crippen LogP contribution in [-0.4, -0.2) is 6.04 Å². The number of hydrazine groups is 1. The zero-order chi connectivity index (χ0) is 6.20. The standard InChI is InChI=1S/C6H14N2/c1-5(8-7)6(2)3-4-6/h5,8H,3-4,7H2,1-2H3/t5-/m1/s1. The summed E-state index contributed by atoms with van der Waals surface area (Å²) in [4.78, 5) is 0. The maximum absolute atomic E-state index is 5.25. The Bertz CT molecular complexity index is 86.5. The summed E-state index contributed by atoms with van der Waals surface area (Å²) in [6.45, 7) is 4.39. The van der Waals surface area contributed by atoms with Crippen LogP contribution in [0.1, 0.15) is 26.7 Å². The maximum atomic E-state index is 5.25. The van der Waals surface area contributed by atoms with Gasteiger partial charge in [0.1, 0.15) is 0 Å². The molecule has 0 amide bonds. The molecule has 0 bridgehead atoms. The van der Waals surface area contributed by atoms with Crippen molar-refractivity contribution in [2.24, 2.45) is 11.3 Å². The van der Waals surface area contributed by atoms with Crippen LogP contribution in [0.15, 0.2) is 0 Å². The molecule has 1 aliphatic rings. The molecule has 1 saturated carbocycles. The highest BCUT2D eigenvalue weighted by atomic mass is 15.2. The lowest BCUT2D eigenvalue weighted by Gasteiger charge is -2.16. The second kappa shape index (κ2) is 1.71. The molecule has 0 heterocycles. The van der Waals surface area contributed by atoms with Crippen molar-refractivity contribution >= 4 is 0 Å². The number of hydrogen-bond donors (Lipinski definition) is 2. The van der Waals surface area contributed by atoms with Crippen molar-refractivity contribution in [3.63, 3.8) is 0 Å². The fourth-order valence-electron chi connectivity index (χ4n) is 0.831. The molecule has 1 atom stereocenters. The van der Waals surface area contributed by atoms with Crippen molar-refractivity contribution in [1.29, 1.82) is 0 Å². The van der Waals surface area contributed by atoms with Gasteiger partial charge in [-0.3, -0.25) is 11.3 Å². The van der Waals surface area contributed by atoms with E-state index < -0.39 is 0 Å². The maximum Gasteiger partial charge on any atom is 0.0236 e. The summed E-state index contributed by atoms with van der Waals surface area (Å²) in [6.07, 6.45) is 2.66. The lowest BCUT2D eigenvalue weighted by atomic mass is 10.0. The minimum atomic E-state index is 0.488. The van der Waals surface area contributed by atoms with Crippen LogP contribution in [0.2, 0.25) is 0 Å². The van der Waals surface area contributed by atoms with Crippen molar-refractivity contribution in [3.8, 4) is 0 Å². The Morgan fingerprint density at radius 3 is 2.25 bits per heavy atom. The highest BCUT2D eigenvalue weighted by molar-refractivity contribution is 4.95. The fraction of sp³-hybridized carbons (Fsp3) is 1.00. The largest absolute Gasteiger partial charge is 0.271 e. The molecule has 8 heavy (non-hydrogen) atoms. The molecule has 0 unspecified atom stereocenters. The van der Waals surface area contributed by atoms with E-state index in [9.17, 15) is 0 Å². The molecule has 2 heteroatoms. The lowest BCUT2D eigenvalue weighted by molar-refractivity contribution is 0.388. The summed E-state index contributed by atoms with van der Waals surface area (Å²) in [5.41, 5.74) is 3.29. The second-order valence-corrected chi connectivity index (χ2v) is 3.04. The molecule has 3 N–H and O–H groups in total. The Kier molecular flexibility index (Phi) is 1.29. The van der Waals surface area contributed by atoms with E-state index >= 15 is 0 Å². The molecule has 0 aromatic rings. The zero-order valence-electron chi connectivity index (χ0n) is 5.57. The summed E-state index contributed by atoms with van der Waals surface area (Å²) in [5.74, 6) is 5.25. The van der Waals surface area contributed by atoms with Gasteiger partial charge >= 0.3 is 0 Å². The van der Waals surface area contributed by atoms with E-state index in [1.54, 1.807) is 0 Å². The molecule has 0 radical (unpaired) electrons. The van der Waals surface area contributed by atoms with E-state index in [1.807, 2.05) is 0 Å². The van der Waals surface area contributed by atoms with E-state index in [2.05, 4.69) is 19.3 Å². The molecule has 0 spiro atoms. The van der Waals surface area contributed by atoms with Crippen molar-refractivity contribution in [1.82, 2.24) is 5.43 Å². The third kappa shape index (κ3) is 0.858. The quantitative estimate of drug-likeness (QED) is 0.408. The summed E-state index contributed by atoms with van der Waals surface area (Å²) in [5, 5.41) is 0. The molecule has 2 nitrogen and oxygen atoms in total. The van der Waals surface area contributed by atoms with Gasteiger partial charge in [0.15, 0.2) is 0 Å². The van der Waals surface area contributed by atoms with Gasteiger partial charge in [0.2, 0.25) is 0 Å². The molecule has 48 valence electrons. The van der Waals surface area contributed by atoms with Gasteiger partial charge in [-0.15, -0.1) is 0 Å². The van der Waals surface area contributed by atoms with Crippen LogP contribution in [0, 0.1) is 5.41 Å². The van der Waals surface area contributed by atoms with E-state index in [0.29, 0.717) is 11.5 Å². The van der Waals surface area contributed by atoms with Crippen molar-refractivity contribution in [2.45, 2.75) is 32.7 Å². The molecule has 0 aromatic carbocycles. The smallest absolute Gasteiger partial charge is 0.0236 e. The van der Waals surface area contributed by atoms with Crippen molar-refractivity contribution in [2.75, 3.05) is 0 Å². The second-order valence-electron chi connectivity index (χ2n) is 3.04. The molecular weight excluding hydrogens is 100 g/mol. The SMILES string of the molecule is C[C@@H](NN)C1(C)CC1. The van der Waals surface area contributed by atoms with E-state index in [4.69, 9.17) is 5.84 Å². The first kappa shape index (κ1) is 6.05. The Hall–Kier alpha value is -0.0800. The third-order valence-corrected chi connectivity index (χ3v) is 2.33. The molecule has 0 aromatic heterocycles. The highest BCUT2D eigenvalue weighted by Gasteiger charge is 2.41. The average molecular weight is 114 g/mol. The number of nitrogens with one attached hydrogen (secondary N) is 1. The van der Waals surface area contributed by atoms with Crippen LogP contribution in [0.4, 0.5) is 0 Å². The molecular formula is C6H14N2. The third-order valence-electron chi connectivity index (χ3n) is 2.33. The normalized spacial score (nSPS) is 27.4. The highest BCUT2D eigenvalue weighted by Crippen LogP contribution is 2.47. The van der Waals surface area contributed by atoms with E-state index in [-0.39, 0.29) is 0 Å². The topological polar surface area (TPSA) is 38.0 Å². The van der Waals surface area contributed by atoms with Crippen molar-refractivity contribution in [3.05, 3.63) is 0 Å². The molecule has 0 aliphatic heterocycles. The Morgan fingerprint density at radius 1 is 1.62 bits per heavy atom. The zero-order valence-corrected chi connectivity index (χ0v) is 5.57. The summed E-state index contributed by atoms with van der Waals surface area (Å²) >= 11 is 0. The van der Waals surface area contributed by atoms with Crippen LogP contribution in [0.3, 0.4) is 0 Å². The fourth-order valence-corrected chi connectivity index (χ4v) is 0.831. The van der Waals surface area contributed by atoms with Gasteiger partial charge in [-0.05, 0) is 25.2 Å². The van der Waals surface area contributed by atoms with Crippen LogP contribution in [0.25, 0.3) is 0 Å². The number of nitrogens with two attached hydrogens (primary N) is 1. The van der Waals surface area contributed by atoms with Gasteiger partial charge in [-0.2, -0.15) is 0 Å². The summed E-state index contributed by atoms with van der Waals surface area (Å²) < 4.78 is 0. The van der Waals surface area contributed by atoms with E-state index in [1.165, 1.54) is 12.8 Å². The van der Waals surface area contributed by atoms with Crippen LogP contribution in [0.5, 0.6) is 0 Å². The Morgan fingerprint density at radius 2 is 2.12 bits per heavy atom. The van der Waals surface area contributed by atoms with Gasteiger partial charge in [0, 0.05) is 6.04 Å². The molecule has 1 aliphatic carbocycles. The summed E-state index contributed by atoms with van der Waals surface area (Å²) in [7, 11) is 0. The minimum absolute atomic E-state index is 0.488. The first-order chi connectivity index (χ1) is 3.69. The number of rotatable bonds is 2. The van der Waals surface area contributed by atoms with Gasteiger partial charge in [-0.25, -0.2) is 0 Å². The van der Waals surface area contributed by atoms with E-state index in [0.717, 1.165) is 0 Å². The predicted molar refractivity (Wildman–Crippen MR) is 34.1 cm³/mol. The molecule has 1 rings (SSSR count). The average Bonchev–Trinajstić information content (AvgIpc) is 2.47. The summed E-state index contributed by atoms with van der Waals surface area (Å²) in [6, 6.07) is 0.488. The molecule has 0 saturated heterocycles. The molecule has 1 fully saturated rings. The first-order valence-electron chi connectivity index (χ1n) is 3.15. The van der Waals surface area contributed by atoms with Gasteiger partial charge in [0.25, 0.3) is 0 Å². The van der Waals surface area contributed by atoms with Gasteiger partial charge in [-0.1, -0.05) is 6.92 Å². The van der Waals surface area contributed by atoms with Crippen LogP contribution in [-0.2, 0) is 0 Å². The van der Waals surface area contributed by atoms with Crippen LogP contribution >= 0.6 is 0 Å². The van der Waals surface area contributed by atoms with Gasteiger partial charge < -0.3 is 0 Å².